The molecule has 0 atom stereocenters. The molecule has 0 aromatic heterocycles. The van der Waals surface area contributed by atoms with Crippen molar-refractivity contribution >= 4 is 0 Å². The average molecular weight is 810 g/mol. The summed E-state index contributed by atoms with van der Waals surface area (Å²) in [6.07, 6.45) is -4.32. The fourth-order valence-electron chi connectivity index (χ4n) is 6.75. The van der Waals surface area contributed by atoms with E-state index in [1.54, 1.807) is 0 Å². The van der Waals surface area contributed by atoms with E-state index in [2.05, 4.69) is 0 Å². The minimum absolute atomic E-state index is 0.0915. The fraction of sp³-hybridized carbons (Fsp3) is 0.793. The van der Waals surface area contributed by atoms with Crippen molar-refractivity contribution in [3.05, 3.63) is 34.4 Å². The molecule has 0 bridgehead atoms. The van der Waals surface area contributed by atoms with E-state index in [9.17, 15) is 101 Å². The van der Waals surface area contributed by atoms with Gasteiger partial charge in [0.1, 0.15) is 5.56 Å². The smallest absolute Gasteiger partial charge is 0.203 e. The van der Waals surface area contributed by atoms with Crippen molar-refractivity contribution in [3.8, 4) is 0 Å². The van der Waals surface area contributed by atoms with Gasteiger partial charge in [-0.25, -0.2) is 17.6 Å². The molecule has 2 saturated carbocycles. The van der Waals surface area contributed by atoms with Gasteiger partial charge in [0.25, 0.3) is 0 Å². The first-order chi connectivity index (χ1) is 23.1. The highest BCUT2D eigenvalue weighted by Crippen LogP contribution is 2.66. The molecule has 0 nitrogen and oxygen atoms in total. The predicted octanol–water partition coefficient (Wildman–Crippen LogP) is 12.8. The van der Waals surface area contributed by atoms with E-state index < -0.39 is 93.9 Å². The molecule has 2 aliphatic rings. The van der Waals surface area contributed by atoms with Crippen molar-refractivity contribution in [2.45, 2.75) is 124 Å². The van der Waals surface area contributed by atoms with Crippen LogP contribution in [0.2, 0.25) is 0 Å². The number of halogens is 23. The monoisotopic (exact) mass is 810 g/mol. The summed E-state index contributed by atoms with van der Waals surface area (Å²) in [6, 6.07) is 0. The summed E-state index contributed by atoms with van der Waals surface area (Å²) in [5, 5.41) is 0. The zero-order valence-corrected chi connectivity index (χ0v) is 25.9. The van der Waals surface area contributed by atoms with Crippen LogP contribution < -0.4 is 0 Å². The number of alkyl halides is 19. The molecule has 0 spiro atoms. The van der Waals surface area contributed by atoms with Crippen LogP contribution in [-0.4, -0.2) is 47.6 Å². The molecule has 1 aromatic carbocycles. The summed E-state index contributed by atoms with van der Waals surface area (Å²) in [5.41, 5.74) is -5.96. The molecule has 0 unspecified atom stereocenters. The third kappa shape index (κ3) is 6.16. The lowest BCUT2D eigenvalue weighted by molar-refractivity contribution is -0.469. The Morgan fingerprint density at radius 3 is 1.04 bits per heavy atom. The molecular weight excluding hydrogens is 785 g/mol. The normalized spacial score (nSPS) is 24.0. The Hall–Kier alpha value is -2.39. The Morgan fingerprint density at radius 2 is 0.712 bits per heavy atom. The van der Waals surface area contributed by atoms with Crippen LogP contribution in [0.4, 0.5) is 101 Å². The zero-order valence-electron chi connectivity index (χ0n) is 25.9. The highest BCUT2D eigenvalue weighted by atomic mass is 19.4. The summed E-state index contributed by atoms with van der Waals surface area (Å²) in [6.45, 7) is 1.97. The first-order valence-electron chi connectivity index (χ1n) is 15.1. The molecule has 23 heteroatoms. The van der Waals surface area contributed by atoms with Gasteiger partial charge >= 0.3 is 53.6 Å². The standard InChI is InChI=1S/C29H25F23/c1-2-11-3-5-12(6-4-11)13-7-9-14(10-8-13)15-17(30)19(32)16(20(33)18(15)31)21(34,35)22(36,37)23(38,39)24(40,41)25(42,43)26(44,45)27(46,47)28(48,49)29(50,51)52/h11-14H,2-10H2,1H3. The minimum Gasteiger partial charge on any atom is -0.203 e. The van der Waals surface area contributed by atoms with E-state index in [4.69, 9.17) is 0 Å². The quantitative estimate of drug-likeness (QED) is 0.154. The Bertz CT molecular complexity index is 1410. The van der Waals surface area contributed by atoms with Gasteiger partial charge in [-0.2, -0.15) is 83.4 Å². The second-order valence-corrected chi connectivity index (χ2v) is 12.9. The van der Waals surface area contributed by atoms with Crippen LogP contribution in [-0.2, 0) is 5.92 Å². The molecule has 302 valence electrons. The molecule has 1 aromatic rings. The molecule has 2 fully saturated rings. The Morgan fingerprint density at radius 1 is 0.404 bits per heavy atom. The van der Waals surface area contributed by atoms with Crippen LogP contribution in [0.25, 0.3) is 0 Å². The second-order valence-electron chi connectivity index (χ2n) is 12.9. The highest BCUT2D eigenvalue weighted by Gasteiger charge is 2.97. The maximum absolute atomic E-state index is 15.0. The van der Waals surface area contributed by atoms with Gasteiger partial charge in [0.15, 0.2) is 23.3 Å². The Balaban J connectivity index is 2.04. The van der Waals surface area contributed by atoms with E-state index in [0.717, 1.165) is 32.1 Å². The molecule has 0 saturated heterocycles. The lowest BCUT2D eigenvalue weighted by atomic mass is 9.68. The lowest BCUT2D eigenvalue weighted by Crippen LogP contribution is -2.75. The zero-order chi connectivity index (χ0) is 40.6. The van der Waals surface area contributed by atoms with Gasteiger partial charge in [-0.1, -0.05) is 26.2 Å². The van der Waals surface area contributed by atoms with Crippen molar-refractivity contribution in [3.63, 3.8) is 0 Å². The number of hydrogen-bond acceptors (Lipinski definition) is 0. The number of rotatable bonds is 11. The van der Waals surface area contributed by atoms with Crippen LogP contribution in [0.15, 0.2) is 0 Å². The van der Waals surface area contributed by atoms with E-state index in [0.29, 0.717) is 5.92 Å². The van der Waals surface area contributed by atoms with Crippen molar-refractivity contribution in [2.75, 3.05) is 0 Å². The first-order valence-corrected chi connectivity index (χ1v) is 15.1. The van der Waals surface area contributed by atoms with Crippen molar-refractivity contribution in [1.82, 2.24) is 0 Å². The van der Waals surface area contributed by atoms with Gasteiger partial charge in [-0.15, -0.1) is 0 Å². The van der Waals surface area contributed by atoms with Gasteiger partial charge in [-0.3, -0.25) is 0 Å². The number of hydrogen-bond donors (Lipinski definition) is 0. The van der Waals surface area contributed by atoms with E-state index in [-0.39, 0.29) is 37.5 Å². The SMILES string of the molecule is CCC1CCC(C2CCC(c3c(F)c(F)c(C(F)(F)C(F)(F)C(F)(F)C(F)(F)C(F)(F)C(F)(F)C(F)(F)C(F)(F)C(F)(F)F)c(F)c3F)CC2)CC1. The molecule has 3 rings (SSSR count). The maximum Gasteiger partial charge on any atom is 0.460 e. The average Bonchev–Trinajstić information content (AvgIpc) is 3.03. The molecule has 52 heavy (non-hydrogen) atoms. The van der Waals surface area contributed by atoms with Crippen LogP contribution in [0.1, 0.15) is 81.8 Å². The largest absolute Gasteiger partial charge is 0.460 e. The summed E-state index contributed by atoms with van der Waals surface area (Å²) >= 11 is 0. The van der Waals surface area contributed by atoms with Gasteiger partial charge in [-0.05, 0) is 62.2 Å². The summed E-state index contributed by atoms with van der Waals surface area (Å²) in [4.78, 5) is 0. The molecule has 0 aliphatic heterocycles. The predicted molar refractivity (Wildman–Crippen MR) is 131 cm³/mol. The van der Waals surface area contributed by atoms with E-state index in [1.165, 1.54) is 0 Å². The Labute approximate surface area is 278 Å². The molecule has 0 amide bonds. The van der Waals surface area contributed by atoms with Crippen LogP contribution in [0.5, 0.6) is 0 Å². The third-order valence-electron chi connectivity index (χ3n) is 10.0. The van der Waals surface area contributed by atoms with Crippen LogP contribution in [0, 0.1) is 41.0 Å². The van der Waals surface area contributed by atoms with Gasteiger partial charge in [0.2, 0.25) is 0 Å². The summed E-state index contributed by atoms with van der Waals surface area (Å²) in [5.74, 6) is -85.3. The lowest BCUT2D eigenvalue weighted by Gasteiger charge is -2.43. The maximum atomic E-state index is 15.0. The van der Waals surface area contributed by atoms with Crippen molar-refractivity contribution < 1.29 is 101 Å². The summed E-state index contributed by atoms with van der Waals surface area (Å²) < 4.78 is 320. The van der Waals surface area contributed by atoms with Gasteiger partial charge < -0.3 is 0 Å². The van der Waals surface area contributed by atoms with E-state index >= 15 is 0 Å². The molecule has 0 heterocycles. The van der Waals surface area contributed by atoms with Crippen LogP contribution in [0.3, 0.4) is 0 Å². The third-order valence-corrected chi connectivity index (χ3v) is 10.0. The van der Waals surface area contributed by atoms with Gasteiger partial charge in [0, 0.05) is 5.56 Å². The second kappa shape index (κ2) is 13.4. The number of benzene rings is 1. The molecular formula is C29H25F23. The fourth-order valence-corrected chi connectivity index (χ4v) is 6.75. The topological polar surface area (TPSA) is 0 Å². The van der Waals surface area contributed by atoms with Crippen molar-refractivity contribution in [1.29, 1.82) is 0 Å². The van der Waals surface area contributed by atoms with E-state index in [1.807, 2.05) is 6.92 Å². The summed E-state index contributed by atoms with van der Waals surface area (Å²) in [7, 11) is 0. The van der Waals surface area contributed by atoms with Gasteiger partial charge in [0.05, 0.1) is 0 Å². The molecule has 0 radical (unpaired) electrons. The van der Waals surface area contributed by atoms with Crippen LogP contribution >= 0.6 is 0 Å². The molecule has 2 aliphatic carbocycles. The minimum atomic E-state index is -9.27. The Kier molecular flexibility index (Phi) is 11.4. The highest BCUT2D eigenvalue weighted by molar-refractivity contribution is 5.37. The first kappa shape index (κ1) is 44.0. The van der Waals surface area contributed by atoms with Crippen molar-refractivity contribution in [2.24, 2.45) is 17.8 Å². The molecule has 0 N–H and O–H groups in total.